The highest BCUT2D eigenvalue weighted by molar-refractivity contribution is 5.72. The third-order valence-corrected chi connectivity index (χ3v) is 2.99. The molecule has 3 heteroatoms. The quantitative estimate of drug-likeness (QED) is 0.586. The minimum Gasteiger partial charge on any atom is -0.494 e. The maximum atomic E-state index is 10.8. The van der Waals surface area contributed by atoms with Gasteiger partial charge >= 0.3 is 0 Å². The van der Waals surface area contributed by atoms with E-state index in [-0.39, 0.29) is 0 Å². The van der Waals surface area contributed by atoms with Crippen molar-refractivity contribution in [2.24, 2.45) is 0 Å². The summed E-state index contributed by atoms with van der Waals surface area (Å²) in [5, 5.41) is 0. The van der Waals surface area contributed by atoms with Gasteiger partial charge in [-0.3, -0.25) is 4.79 Å². The van der Waals surface area contributed by atoms with E-state index in [1.807, 2.05) is 35.0 Å². The van der Waals surface area contributed by atoms with Gasteiger partial charge in [0.25, 0.3) is 0 Å². The van der Waals surface area contributed by atoms with Crippen molar-refractivity contribution in [3.05, 3.63) is 53.3 Å². The van der Waals surface area contributed by atoms with Crippen molar-refractivity contribution in [3.63, 3.8) is 0 Å². The van der Waals surface area contributed by atoms with Gasteiger partial charge in [0.1, 0.15) is 5.75 Å². The van der Waals surface area contributed by atoms with Gasteiger partial charge in [-0.1, -0.05) is 6.07 Å². The molecule has 3 nitrogen and oxygen atoms in total. The first-order valence-corrected chi connectivity index (χ1v) is 6.50. The highest BCUT2D eigenvalue weighted by Gasteiger charge is 2.00. The first kappa shape index (κ1) is 13.4. The molecular formula is C16H19NO2. The van der Waals surface area contributed by atoms with Gasteiger partial charge in [-0.25, -0.2) is 0 Å². The molecule has 0 fully saturated rings. The molecule has 1 aromatic carbocycles. The number of nitrogens with zero attached hydrogens (tertiary/aromatic N) is 1. The molecule has 0 saturated carbocycles. The van der Waals surface area contributed by atoms with Gasteiger partial charge in [0.05, 0.1) is 12.3 Å². The monoisotopic (exact) mass is 257 g/mol. The summed E-state index contributed by atoms with van der Waals surface area (Å²) in [4.78, 5) is 10.8. The smallest absolute Gasteiger partial charge is 0.166 e. The molecule has 100 valence electrons. The number of rotatable bonds is 6. The summed E-state index contributed by atoms with van der Waals surface area (Å²) in [5.41, 5.74) is 3.14. The first-order chi connectivity index (χ1) is 9.19. The summed E-state index contributed by atoms with van der Waals surface area (Å²) in [6.07, 6.45) is 3.67. The van der Waals surface area contributed by atoms with E-state index in [1.54, 1.807) is 0 Å². The minimum absolute atomic E-state index is 0.652. The SMILES string of the molecule is Cc1cc(C)cc(OCCCn2cccc2C=O)c1. The highest BCUT2D eigenvalue weighted by atomic mass is 16.5. The second-order valence-electron chi connectivity index (χ2n) is 4.77. The van der Waals surface area contributed by atoms with E-state index >= 15 is 0 Å². The van der Waals surface area contributed by atoms with Crippen LogP contribution < -0.4 is 4.74 Å². The molecule has 0 bridgehead atoms. The van der Waals surface area contributed by atoms with Crippen molar-refractivity contribution in [3.8, 4) is 5.75 Å². The molecule has 2 aromatic rings. The molecule has 0 radical (unpaired) electrons. The van der Waals surface area contributed by atoms with Crippen LogP contribution in [0.25, 0.3) is 0 Å². The number of aldehydes is 1. The van der Waals surface area contributed by atoms with E-state index in [1.165, 1.54) is 11.1 Å². The zero-order valence-electron chi connectivity index (χ0n) is 11.4. The van der Waals surface area contributed by atoms with Crippen LogP contribution in [0.4, 0.5) is 0 Å². The molecule has 0 spiro atoms. The largest absolute Gasteiger partial charge is 0.494 e. The van der Waals surface area contributed by atoms with E-state index in [0.29, 0.717) is 12.3 Å². The number of hydrogen-bond donors (Lipinski definition) is 0. The summed E-state index contributed by atoms with van der Waals surface area (Å²) >= 11 is 0. The van der Waals surface area contributed by atoms with Crippen LogP contribution in [0.15, 0.2) is 36.5 Å². The Morgan fingerprint density at radius 1 is 1.21 bits per heavy atom. The van der Waals surface area contributed by atoms with Crippen molar-refractivity contribution in [2.45, 2.75) is 26.8 Å². The fourth-order valence-electron chi connectivity index (χ4n) is 2.18. The molecule has 0 unspecified atom stereocenters. The summed E-state index contributed by atoms with van der Waals surface area (Å²) in [7, 11) is 0. The van der Waals surface area contributed by atoms with Gasteiger partial charge in [0, 0.05) is 12.7 Å². The zero-order chi connectivity index (χ0) is 13.7. The molecule has 0 saturated heterocycles. The second-order valence-corrected chi connectivity index (χ2v) is 4.77. The molecular weight excluding hydrogens is 238 g/mol. The second kappa shape index (κ2) is 6.23. The predicted molar refractivity (Wildman–Crippen MR) is 75.8 cm³/mol. The Morgan fingerprint density at radius 2 is 1.95 bits per heavy atom. The number of carbonyl (C=O) groups is 1. The van der Waals surface area contributed by atoms with E-state index in [9.17, 15) is 4.79 Å². The third-order valence-electron chi connectivity index (χ3n) is 2.99. The number of ether oxygens (including phenoxy) is 1. The number of aryl methyl sites for hydroxylation is 3. The average molecular weight is 257 g/mol. The van der Waals surface area contributed by atoms with Crippen LogP contribution in [-0.4, -0.2) is 17.5 Å². The Labute approximate surface area is 113 Å². The summed E-state index contributed by atoms with van der Waals surface area (Å²) in [5.74, 6) is 0.917. The molecule has 0 N–H and O–H groups in total. The van der Waals surface area contributed by atoms with Gasteiger partial charge < -0.3 is 9.30 Å². The number of benzene rings is 1. The molecule has 19 heavy (non-hydrogen) atoms. The van der Waals surface area contributed by atoms with E-state index in [0.717, 1.165) is 25.0 Å². The Kier molecular flexibility index (Phi) is 4.39. The van der Waals surface area contributed by atoms with E-state index in [4.69, 9.17) is 4.74 Å². The first-order valence-electron chi connectivity index (χ1n) is 6.50. The summed E-state index contributed by atoms with van der Waals surface area (Å²) in [6, 6.07) is 9.91. The Hall–Kier alpha value is -2.03. The lowest BCUT2D eigenvalue weighted by Crippen LogP contribution is -2.06. The Balaban J connectivity index is 1.82. The van der Waals surface area contributed by atoms with E-state index < -0.39 is 0 Å². The van der Waals surface area contributed by atoms with Gasteiger partial charge in [-0.15, -0.1) is 0 Å². The van der Waals surface area contributed by atoms with Crippen LogP contribution in [0.3, 0.4) is 0 Å². The van der Waals surface area contributed by atoms with Crippen LogP contribution in [0.5, 0.6) is 5.75 Å². The summed E-state index contributed by atoms with van der Waals surface area (Å²) in [6.45, 7) is 5.58. The molecule has 1 heterocycles. The number of aromatic nitrogens is 1. The molecule has 1 aromatic heterocycles. The molecule has 0 aliphatic rings. The van der Waals surface area contributed by atoms with Crippen LogP contribution >= 0.6 is 0 Å². The van der Waals surface area contributed by atoms with Crippen molar-refractivity contribution in [2.75, 3.05) is 6.61 Å². The van der Waals surface area contributed by atoms with Gasteiger partial charge in [0.2, 0.25) is 0 Å². The van der Waals surface area contributed by atoms with Crippen molar-refractivity contribution >= 4 is 6.29 Å². The van der Waals surface area contributed by atoms with Crippen LogP contribution in [0, 0.1) is 13.8 Å². The average Bonchev–Trinajstić information content (AvgIpc) is 2.81. The Morgan fingerprint density at radius 3 is 2.63 bits per heavy atom. The fraction of sp³-hybridized carbons (Fsp3) is 0.312. The number of carbonyl (C=O) groups excluding carboxylic acids is 1. The van der Waals surface area contributed by atoms with Gasteiger partial charge in [-0.2, -0.15) is 0 Å². The lowest BCUT2D eigenvalue weighted by atomic mass is 10.1. The van der Waals surface area contributed by atoms with Crippen LogP contribution in [-0.2, 0) is 6.54 Å². The van der Waals surface area contributed by atoms with Gasteiger partial charge in [0.15, 0.2) is 6.29 Å². The van der Waals surface area contributed by atoms with Crippen LogP contribution in [0.2, 0.25) is 0 Å². The standard InChI is InChI=1S/C16H19NO2/c1-13-9-14(2)11-16(10-13)19-8-4-7-17-6-3-5-15(17)12-18/h3,5-6,9-12H,4,7-8H2,1-2H3. The molecule has 2 rings (SSSR count). The van der Waals surface area contributed by atoms with Gasteiger partial charge in [-0.05, 0) is 55.7 Å². The molecule has 0 atom stereocenters. The van der Waals surface area contributed by atoms with E-state index in [2.05, 4.69) is 19.9 Å². The maximum Gasteiger partial charge on any atom is 0.166 e. The maximum absolute atomic E-state index is 10.8. The Bertz CT molecular complexity index is 537. The van der Waals surface area contributed by atoms with Crippen molar-refractivity contribution in [1.29, 1.82) is 0 Å². The van der Waals surface area contributed by atoms with Crippen molar-refractivity contribution in [1.82, 2.24) is 4.57 Å². The van der Waals surface area contributed by atoms with Crippen molar-refractivity contribution < 1.29 is 9.53 Å². The topological polar surface area (TPSA) is 31.2 Å². The molecule has 0 amide bonds. The minimum atomic E-state index is 0.652. The lowest BCUT2D eigenvalue weighted by molar-refractivity contribution is 0.111. The normalized spacial score (nSPS) is 10.4. The molecule has 0 aliphatic heterocycles. The van der Waals surface area contributed by atoms with Crippen LogP contribution in [0.1, 0.15) is 28.0 Å². The predicted octanol–water partition coefficient (Wildman–Crippen LogP) is 3.39. The third kappa shape index (κ3) is 3.71. The highest BCUT2D eigenvalue weighted by Crippen LogP contribution is 2.16. The molecule has 0 aliphatic carbocycles. The fourth-order valence-corrected chi connectivity index (χ4v) is 2.18. The summed E-state index contributed by atoms with van der Waals surface area (Å²) < 4.78 is 7.68. The zero-order valence-corrected chi connectivity index (χ0v) is 11.4. The number of hydrogen-bond acceptors (Lipinski definition) is 2. The lowest BCUT2D eigenvalue weighted by Gasteiger charge is -2.09.